The highest BCUT2D eigenvalue weighted by atomic mass is 15.2. The Kier molecular flexibility index (Phi) is 4.71. The molecule has 1 rings (SSSR count). The van der Waals surface area contributed by atoms with E-state index in [1.807, 2.05) is 6.92 Å². The normalized spacial score (nSPS) is 12.8. The first-order chi connectivity index (χ1) is 7.54. The molecule has 0 spiro atoms. The average Bonchev–Trinajstić information content (AvgIpc) is 2.25. The Hall–Kier alpha value is -1.12. The fourth-order valence-corrected chi connectivity index (χ4v) is 1.73. The van der Waals surface area contributed by atoms with Crippen LogP contribution in [-0.2, 0) is 0 Å². The molecule has 2 nitrogen and oxygen atoms in total. The molecule has 0 aliphatic carbocycles. The predicted octanol–water partition coefficient (Wildman–Crippen LogP) is 3.28. The minimum atomic E-state index is 0.165. The van der Waals surface area contributed by atoms with Gasteiger partial charge in [0, 0.05) is 6.04 Å². The van der Waals surface area contributed by atoms with Crippen LogP contribution in [-0.4, -0.2) is 0 Å². The lowest BCUT2D eigenvalue weighted by atomic mass is 9.96. The second-order valence-corrected chi connectivity index (χ2v) is 4.70. The summed E-state index contributed by atoms with van der Waals surface area (Å²) in [6, 6.07) is 8.79. The predicted molar refractivity (Wildman–Crippen MR) is 70.0 cm³/mol. The monoisotopic (exact) mass is 218 g/mol. The fraction of sp³-hybridized carbons (Fsp3) is 0.429. The lowest BCUT2D eigenvalue weighted by Crippen LogP contribution is -2.28. The number of nitrogens with one attached hydrogen (secondary N) is 1. The molecule has 0 saturated heterocycles. The molecule has 1 aromatic rings. The van der Waals surface area contributed by atoms with Crippen molar-refractivity contribution in [3.8, 4) is 0 Å². The molecule has 16 heavy (non-hydrogen) atoms. The standard InChI is InChI=1S/C14H22N2/c1-10(2)9-14(16-15)13-7-5-12(6-8-13)11(3)4/h5-8,11,14,16H,1,9,15H2,2-4H3. The van der Waals surface area contributed by atoms with Gasteiger partial charge >= 0.3 is 0 Å². The van der Waals surface area contributed by atoms with Crippen molar-refractivity contribution < 1.29 is 0 Å². The zero-order valence-corrected chi connectivity index (χ0v) is 10.5. The number of rotatable bonds is 5. The summed E-state index contributed by atoms with van der Waals surface area (Å²) in [5.74, 6) is 6.13. The summed E-state index contributed by atoms with van der Waals surface area (Å²) < 4.78 is 0. The molecular formula is C14H22N2. The lowest BCUT2D eigenvalue weighted by Gasteiger charge is -2.17. The smallest absolute Gasteiger partial charge is 0.0496 e. The topological polar surface area (TPSA) is 38.0 Å². The van der Waals surface area contributed by atoms with Gasteiger partial charge in [-0.3, -0.25) is 11.3 Å². The van der Waals surface area contributed by atoms with E-state index in [2.05, 4.69) is 50.1 Å². The number of hydrogen-bond donors (Lipinski definition) is 2. The van der Waals surface area contributed by atoms with Crippen molar-refractivity contribution in [3.63, 3.8) is 0 Å². The van der Waals surface area contributed by atoms with Crippen LogP contribution in [0.5, 0.6) is 0 Å². The minimum Gasteiger partial charge on any atom is -0.271 e. The van der Waals surface area contributed by atoms with E-state index in [0.29, 0.717) is 5.92 Å². The van der Waals surface area contributed by atoms with Crippen LogP contribution in [0.3, 0.4) is 0 Å². The Bertz CT molecular complexity index is 338. The maximum Gasteiger partial charge on any atom is 0.0496 e. The molecular weight excluding hydrogens is 196 g/mol. The summed E-state index contributed by atoms with van der Waals surface area (Å²) in [4.78, 5) is 0. The van der Waals surface area contributed by atoms with Crippen LogP contribution in [0.1, 0.15) is 50.3 Å². The molecule has 1 unspecified atom stereocenters. The molecule has 0 aromatic heterocycles. The van der Waals surface area contributed by atoms with Gasteiger partial charge < -0.3 is 0 Å². The molecule has 88 valence electrons. The maximum atomic E-state index is 5.56. The van der Waals surface area contributed by atoms with E-state index in [1.54, 1.807) is 0 Å². The number of hydrogen-bond acceptors (Lipinski definition) is 2. The Balaban J connectivity index is 2.82. The van der Waals surface area contributed by atoms with Crippen LogP contribution in [0, 0.1) is 0 Å². The van der Waals surface area contributed by atoms with Gasteiger partial charge in [0.25, 0.3) is 0 Å². The summed E-state index contributed by atoms with van der Waals surface area (Å²) in [7, 11) is 0. The highest BCUT2D eigenvalue weighted by Gasteiger charge is 2.09. The first kappa shape index (κ1) is 12.9. The molecule has 0 radical (unpaired) electrons. The fourth-order valence-electron chi connectivity index (χ4n) is 1.73. The van der Waals surface area contributed by atoms with Gasteiger partial charge in [-0.05, 0) is 30.4 Å². The Labute approximate surface area is 98.5 Å². The Morgan fingerprint density at radius 1 is 1.25 bits per heavy atom. The first-order valence-electron chi connectivity index (χ1n) is 5.75. The number of hydrazine groups is 1. The van der Waals surface area contributed by atoms with E-state index in [-0.39, 0.29) is 6.04 Å². The average molecular weight is 218 g/mol. The van der Waals surface area contributed by atoms with Crippen molar-refractivity contribution in [1.29, 1.82) is 0 Å². The van der Waals surface area contributed by atoms with Gasteiger partial charge in [-0.1, -0.05) is 43.7 Å². The van der Waals surface area contributed by atoms with E-state index >= 15 is 0 Å². The van der Waals surface area contributed by atoms with Crippen LogP contribution in [0.4, 0.5) is 0 Å². The van der Waals surface area contributed by atoms with Crippen LogP contribution in [0.2, 0.25) is 0 Å². The molecule has 0 aliphatic rings. The quantitative estimate of drug-likeness (QED) is 0.452. The molecule has 0 aliphatic heterocycles. The molecule has 0 saturated carbocycles. The van der Waals surface area contributed by atoms with E-state index in [0.717, 1.165) is 12.0 Å². The number of nitrogens with two attached hydrogens (primary N) is 1. The second-order valence-electron chi connectivity index (χ2n) is 4.70. The third-order valence-electron chi connectivity index (χ3n) is 2.76. The van der Waals surface area contributed by atoms with Crippen LogP contribution in [0.15, 0.2) is 36.4 Å². The van der Waals surface area contributed by atoms with Gasteiger partial charge in [-0.15, -0.1) is 6.58 Å². The molecule has 2 heteroatoms. The van der Waals surface area contributed by atoms with E-state index in [4.69, 9.17) is 5.84 Å². The lowest BCUT2D eigenvalue weighted by molar-refractivity contribution is 0.550. The molecule has 0 fully saturated rings. The molecule has 1 aromatic carbocycles. The van der Waals surface area contributed by atoms with Crippen LogP contribution < -0.4 is 11.3 Å². The van der Waals surface area contributed by atoms with Gasteiger partial charge in [-0.2, -0.15) is 0 Å². The summed E-state index contributed by atoms with van der Waals surface area (Å²) in [6.07, 6.45) is 0.873. The SMILES string of the molecule is C=C(C)CC(NN)c1ccc(C(C)C)cc1. The van der Waals surface area contributed by atoms with Crippen LogP contribution >= 0.6 is 0 Å². The van der Waals surface area contributed by atoms with Crippen molar-refractivity contribution in [1.82, 2.24) is 5.43 Å². The molecule has 0 amide bonds. The maximum absolute atomic E-state index is 5.56. The van der Waals surface area contributed by atoms with Gasteiger partial charge in [0.15, 0.2) is 0 Å². The third-order valence-corrected chi connectivity index (χ3v) is 2.76. The molecule has 0 bridgehead atoms. The largest absolute Gasteiger partial charge is 0.271 e. The minimum absolute atomic E-state index is 0.165. The zero-order valence-electron chi connectivity index (χ0n) is 10.5. The van der Waals surface area contributed by atoms with Crippen molar-refractivity contribution in [2.45, 2.75) is 39.2 Å². The first-order valence-corrected chi connectivity index (χ1v) is 5.75. The molecule has 3 N–H and O–H groups in total. The summed E-state index contributed by atoms with van der Waals surface area (Å²) in [5.41, 5.74) is 6.55. The van der Waals surface area contributed by atoms with E-state index in [1.165, 1.54) is 11.1 Å². The van der Waals surface area contributed by atoms with Gasteiger partial charge in [0.1, 0.15) is 0 Å². The summed E-state index contributed by atoms with van der Waals surface area (Å²) in [6.45, 7) is 10.3. The summed E-state index contributed by atoms with van der Waals surface area (Å²) >= 11 is 0. The van der Waals surface area contributed by atoms with Crippen molar-refractivity contribution in [3.05, 3.63) is 47.5 Å². The van der Waals surface area contributed by atoms with Gasteiger partial charge in [-0.25, -0.2) is 0 Å². The second kappa shape index (κ2) is 5.83. The van der Waals surface area contributed by atoms with E-state index in [9.17, 15) is 0 Å². The van der Waals surface area contributed by atoms with Crippen LogP contribution in [0.25, 0.3) is 0 Å². The highest BCUT2D eigenvalue weighted by molar-refractivity contribution is 5.27. The molecule has 0 heterocycles. The Morgan fingerprint density at radius 3 is 2.12 bits per heavy atom. The zero-order chi connectivity index (χ0) is 12.1. The number of benzene rings is 1. The molecule has 1 atom stereocenters. The van der Waals surface area contributed by atoms with Gasteiger partial charge in [0.05, 0.1) is 0 Å². The third kappa shape index (κ3) is 3.47. The van der Waals surface area contributed by atoms with Crippen molar-refractivity contribution in [2.75, 3.05) is 0 Å². The van der Waals surface area contributed by atoms with Gasteiger partial charge in [0.2, 0.25) is 0 Å². The summed E-state index contributed by atoms with van der Waals surface area (Å²) in [5, 5.41) is 0. The Morgan fingerprint density at radius 2 is 1.75 bits per heavy atom. The van der Waals surface area contributed by atoms with Crippen molar-refractivity contribution >= 4 is 0 Å². The van der Waals surface area contributed by atoms with Crippen molar-refractivity contribution in [2.24, 2.45) is 5.84 Å². The van der Waals surface area contributed by atoms with E-state index < -0.39 is 0 Å². The highest BCUT2D eigenvalue weighted by Crippen LogP contribution is 2.22.